The first-order valence-electron chi connectivity index (χ1n) is 12.3. The molecule has 2 N–H and O–H groups in total. The van der Waals surface area contributed by atoms with E-state index in [1.807, 2.05) is 48.7 Å². The Morgan fingerprint density at radius 1 is 1.00 bits per heavy atom. The number of piperidine rings is 1. The number of hydrogen-bond donors (Lipinski definition) is 2. The highest BCUT2D eigenvalue weighted by Gasteiger charge is 2.55. The molecule has 0 bridgehead atoms. The Balaban J connectivity index is 1.19. The molecule has 1 saturated heterocycles. The molecule has 0 radical (unpaired) electrons. The van der Waals surface area contributed by atoms with Crippen molar-refractivity contribution in [2.45, 2.75) is 50.7 Å². The Bertz CT molecular complexity index is 886. The molecule has 1 aromatic carbocycles. The van der Waals surface area contributed by atoms with Crippen molar-refractivity contribution in [1.29, 1.82) is 0 Å². The molecule has 3 atom stereocenters. The number of likely N-dealkylation sites (tertiary alicyclic amines) is 1. The summed E-state index contributed by atoms with van der Waals surface area (Å²) in [6, 6.07) is 15.7. The lowest BCUT2D eigenvalue weighted by molar-refractivity contribution is -0.148. The Morgan fingerprint density at radius 3 is 2.34 bits per heavy atom. The van der Waals surface area contributed by atoms with Crippen LogP contribution in [0, 0.1) is 23.7 Å². The van der Waals surface area contributed by atoms with Gasteiger partial charge in [0.1, 0.15) is 0 Å². The normalized spacial score (nSPS) is 27.8. The highest BCUT2D eigenvalue weighted by Crippen LogP contribution is 2.51. The molecule has 3 fully saturated rings. The number of carbonyl (C=O) groups excluding carboxylic acids is 1. The van der Waals surface area contributed by atoms with Gasteiger partial charge in [0.15, 0.2) is 5.60 Å². The van der Waals surface area contributed by atoms with Gasteiger partial charge in [-0.1, -0.05) is 62.1 Å². The van der Waals surface area contributed by atoms with Gasteiger partial charge in [0.05, 0.1) is 5.69 Å². The number of aliphatic hydroxyl groups is 1. The molecule has 5 heteroatoms. The molecule has 2 aromatic rings. The van der Waals surface area contributed by atoms with Gasteiger partial charge in [0.2, 0.25) is 0 Å². The van der Waals surface area contributed by atoms with Gasteiger partial charge in [0, 0.05) is 38.3 Å². The average molecular weight is 434 g/mol. The summed E-state index contributed by atoms with van der Waals surface area (Å²) in [5, 5.41) is 15.0. The van der Waals surface area contributed by atoms with Crippen LogP contribution >= 0.6 is 0 Å². The van der Waals surface area contributed by atoms with E-state index in [2.05, 4.69) is 21.3 Å². The molecule has 0 spiro atoms. The fourth-order valence-electron chi connectivity index (χ4n) is 6.18. The van der Waals surface area contributed by atoms with E-state index in [4.69, 9.17) is 0 Å². The summed E-state index contributed by atoms with van der Waals surface area (Å²) in [5.74, 6) is 1.63. The lowest BCUT2D eigenvalue weighted by Gasteiger charge is -2.35. The van der Waals surface area contributed by atoms with E-state index in [0.717, 1.165) is 56.6 Å². The van der Waals surface area contributed by atoms with Crippen LogP contribution in [0.5, 0.6) is 0 Å². The highest BCUT2D eigenvalue weighted by atomic mass is 16.3. The van der Waals surface area contributed by atoms with E-state index in [9.17, 15) is 9.90 Å². The predicted molar refractivity (Wildman–Crippen MR) is 125 cm³/mol. The van der Waals surface area contributed by atoms with E-state index in [1.165, 1.54) is 12.8 Å². The molecule has 32 heavy (non-hydrogen) atoms. The fourth-order valence-corrected chi connectivity index (χ4v) is 6.18. The van der Waals surface area contributed by atoms with E-state index in [-0.39, 0.29) is 11.8 Å². The summed E-state index contributed by atoms with van der Waals surface area (Å²) in [6.07, 6.45) is 8.25. The van der Waals surface area contributed by atoms with Crippen molar-refractivity contribution in [2.75, 3.05) is 19.6 Å². The van der Waals surface area contributed by atoms with Crippen LogP contribution in [0.4, 0.5) is 0 Å². The minimum absolute atomic E-state index is 0.0139. The summed E-state index contributed by atoms with van der Waals surface area (Å²) < 4.78 is 0. The number of benzene rings is 1. The largest absolute Gasteiger partial charge is 0.375 e. The van der Waals surface area contributed by atoms with Crippen molar-refractivity contribution in [3.05, 3.63) is 66.0 Å². The molecule has 3 aliphatic rings. The number of fused-ring (bicyclic) bond motifs is 1. The second kappa shape index (κ2) is 9.32. The molecule has 5 rings (SSSR count). The minimum atomic E-state index is -1.43. The molecule has 2 saturated carbocycles. The maximum Gasteiger partial charge on any atom is 0.256 e. The lowest BCUT2D eigenvalue weighted by Crippen LogP contribution is -2.50. The SMILES string of the molecule is O=C(NCC1C2CN(Cc3ccccn3)CC12)C(O)(c1ccccc1)C1CCCCCC1. The number of aromatic nitrogens is 1. The quantitative estimate of drug-likeness (QED) is 0.653. The zero-order valence-electron chi connectivity index (χ0n) is 18.8. The second-order valence-corrected chi connectivity index (χ2v) is 10.0. The number of nitrogens with one attached hydrogen (secondary N) is 1. The van der Waals surface area contributed by atoms with Crippen LogP contribution in [0.15, 0.2) is 54.7 Å². The molecule has 170 valence electrons. The molecular weight excluding hydrogens is 398 g/mol. The van der Waals surface area contributed by atoms with Crippen LogP contribution in [0.1, 0.15) is 49.8 Å². The third-order valence-corrected chi connectivity index (χ3v) is 8.06. The Labute approximate surface area is 191 Å². The van der Waals surface area contributed by atoms with Gasteiger partial charge >= 0.3 is 0 Å². The van der Waals surface area contributed by atoms with Crippen LogP contribution in [0.2, 0.25) is 0 Å². The standard InChI is InChI=1S/C27H35N3O2/c31-26(27(32,21-12-6-3-7-13-21)20-10-4-1-2-5-11-20)29-16-23-24-18-30(19-25(23)24)17-22-14-8-9-15-28-22/h3,6-9,12-15,20,23-25,32H,1-2,4-5,10-11,16-19H2,(H,29,31). The first-order chi connectivity index (χ1) is 15.7. The first kappa shape index (κ1) is 21.6. The number of hydrogen-bond acceptors (Lipinski definition) is 4. The zero-order chi connectivity index (χ0) is 22.0. The van der Waals surface area contributed by atoms with Gasteiger partial charge in [0.25, 0.3) is 5.91 Å². The average Bonchev–Trinajstić information content (AvgIpc) is 3.43. The van der Waals surface area contributed by atoms with Gasteiger partial charge in [-0.3, -0.25) is 14.7 Å². The predicted octanol–water partition coefficient (Wildman–Crippen LogP) is 3.73. The smallest absolute Gasteiger partial charge is 0.256 e. The van der Waals surface area contributed by atoms with Crippen LogP contribution in [-0.4, -0.2) is 40.5 Å². The highest BCUT2D eigenvalue weighted by molar-refractivity contribution is 5.86. The molecule has 2 aliphatic carbocycles. The molecule has 1 aliphatic heterocycles. The maximum atomic E-state index is 13.5. The van der Waals surface area contributed by atoms with Crippen molar-refractivity contribution >= 4 is 5.91 Å². The van der Waals surface area contributed by atoms with Crippen LogP contribution in [0.25, 0.3) is 0 Å². The van der Waals surface area contributed by atoms with Crippen LogP contribution in [0.3, 0.4) is 0 Å². The van der Waals surface area contributed by atoms with Gasteiger partial charge in [-0.25, -0.2) is 0 Å². The number of amides is 1. The number of nitrogens with zero attached hydrogens (tertiary/aromatic N) is 2. The zero-order valence-corrected chi connectivity index (χ0v) is 18.8. The Kier molecular flexibility index (Phi) is 6.29. The van der Waals surface area contributed by atoms with Crippen molar-refractivity contribution in [3.63, 3.8) is 0 Å². The Hall–Kier alpha value is -2.24. The second-order valence-electron chi connectivity index (χ2n) is 10.0. The summed E-state index contributed by atoms with van der Waals surface area (Å²) >= 11 is 0. The Morgan fingerprint density at radius 2 is 1.69 bits per heavy atom. The first-order valence-corrected chi connectivity index (χ1v) is 12.3. The maximum absolute atomic E-state index is 13.5. The molecule has 5 nitrogen and oxygen atoms in total. The fraction of sp³-hybridized carbons (Fsp3) is 0.556. The molecule has 1 amide bonds. The molecule has 1 aromatic heterocycles. The van der Waals surface area contributed by atoms with E-state index < -0.39 is 5.60 Å². The van der Waals surface area contributed by atoms with Crippen molar-refractivity contribution in [2.24, 2.45) is 23.7 Å². The van der Waals surface area contributed by atoms with Gasteiger partial charge in [-0.15, -0.1) is 0 Å². The summed E-state index contributed by atoms with van der Waals surface area (Å²) in [6.45, 7) is 3.73. The minimum Gasteiger partial charge on any atom is -0.375 e. The van der Waals surface area contributed by atoms with Crippen molar-refractivity contribution < 1.29 is 9.90 Å². The van der Waals surface area contributed by atoms with E-state index in [0.29, 0.717) is 24.3 Å². The third kappa shape index (κ3) is 4.33. The van der Waals surface area contributed by atoms with Crippen molar-refractivity contribution in [3.8, 4) is 0 Å². The number of carbonyl (C=O) groups is 1. The number of rotatable bonds is 7. The van der Waals surface area contributed by atoms with Crippen LogP contribution < -0.4 is 5.32 Å². The molecule has 2 heterocycles. The summed E-state index contributed by atoms with van der Waals surface area (Å²) in [4.78, 5) is 20.4. The third-order valence-electron chi connectivity index (χ3n) is 8.06. The monoisotopic (exact) mass is 433 g/mol. The van der Waals surface area contributed by atoms with Crippen LogP contribution in [-0.2, 0) is 16.9 Å². The van der Waals surface area contributed by atoms with Gasteiger partial charge < -0.3 is 10.4 Å². The topological polar surface area (TPSA) is 65.5 Å². The number of pyridine rings is 1. The molecule has 3 unspecified atom stereocenters. The van der Waals surface area contributed by atoms with Crippen molar-refractivity contribution in [1.82, 2.24) is 15.2 Å². The van der Waals surface area contributed by atoms with E-state index >= 15 is 0 Å². The lowest BCUT2D eigenvalue weighted by atomic mass is 9.76. The van der Waals surface area contributed by atoms with Gasteiger partial charge in [-0.2, -0.15) is 0 Å². The summed E-state index contributed by atoms with van der Waals surface area (Å²) in [7, 11) is 0. The van der Waals surface area contributed by atoms with Gasteiger partial charge in [-0.05, 0) is 48.3 Å². The van der Waals surface area contributed by atoms with E-state index in [1.54, 1.807) is 0 Å². The summed E-state index contributed by atoms with van der Waals surface area (Å²) in [5.41, 5.74) is 0.428. The molecular formula is C27H35N3O2.